The number of benzene rings is 2. The maximum Gasteiger partial charge on any atom is 0.291 e. The van der Waals surface area contributed by atoms with Gasteiger partial charge in [0.1, 0.15) is 5.82 Å². The molecule has 0 heterocycles. The second kappa shape index (κ2) is 10.3. The number of amidine groups is 1. The van der Waals surface area contributed by atoms with E-state index in [4.69, 9.17) is 4.74 Å². The fourth-order valence-corrected chi connectivity index (χ4v) is 2.29. The number of hydrogen-bond donors (Lipinski definition) is 1. The van der Waals surface area contributed by atoms with Crippen LogP contribution in [0.15, 0.2) is 59.6 Å². The zero-order valence-electron chi connectivity index (χ0n) is 15.2. The first-order chi connectivity index (χ1) is 12.6. The Bertz CT molecular complexity index is 730. The Morgan fingerprint density at radius 2 is 1.81 bits per heavy atom. The fourth-order valence-electron chi connectivity index (χ4n) is 2.29. The van der Waals surface area contributed by atoms with Crippen LogP contribution in [0.3, 0.4) is 0 Å². The van der Waals surface area contributed by atoms with E-state index in [1.165, 1.54) is 17.7 Å². The number of aryl methyl sites for hydroxylation is 1. The molecule has 0 unspecified atom stereocenters. The molecule has 1 amide bonds. The van der Waals surface area contributed by atoms with Gasteiger partial charge in [-0.2, -0.15) is 0 Å². The van der Waals surface area contributed by atoms with Crippen molar-refractivity contribution in [3.05, 3.63) is 71.5 Å². The van der Waals surface area contributed by atoms with Crippen LogP contribution in [-0.4, -0.2) is 25.1 Å². The van der Waals surface area contributed by atoms with Crippen LogP contribution in [0.1, 0.15) is 36.2 Å². The maximum absolute atomic E-state index is 13.8. The topological polar surface area (TPSA) is 50.7 Å². The number of carbonyl (C=O) groups excluding carboxylic acids is 1. The number of nitrogens with zero attached hydrogens (tertiary/aromatic N) is 1. The third kappa shape index (κ3) is 6.67. The van der Waals surface area contributed by atoms with E-state index in [2.05, 4.69) is 22.4 Å². The van der Waals surface area contributed by atoms with Crippen LogP contribution in [0.5, 0.6) is 0 Å². The predicted molar refractivity (Wildman–Crippen MR) is 102 cm³/mol. The van der Waals surface area contributed by atoms with Gasteiger partial charge in [0.25, 0.3) is 11.9 Å². The van der Waals surface area contributed by atoms with Gasteiger partial charge in [0.15, 0.2) is 0 Å². The summed E-state index contributed by atoms with van der Waals surface area (Å²) in [4.78, 5) is 16.6. The molecule has 138 valence electrons. The van der Waals surface area contributed by atoms with E-state index >= 15 is 0 Å². The summed E-state index contributed by atoms with van der Waals surface area (Å²) in [6, 6.07) is 16.1. The Balaban J connectivity index is 1.95. The molecule has 0 aliphatic rings. The number of hydrogen-bond acceptors (Lipinski definition) is 3. The van der Waals surface area contributed by atoms with Gasteiger partial charge in [-0.1, -0.05) is 56.3 Å². The molecule has 0 saturated carbocycles. The predicted octanol–water partition coefficient (Wildman–Crippen LogP) is 4.22. The highest BCUT2D eigenvalue weighted by Crippen LogP contribution is 2.07. The summed E-state index contributed by atoms with van der Waals surface area (Å²) in [5, 5.41) is 2.58. The lowest BCUT2D eigenvalue weighted by Crippen LogP contribution is -2.34. The third-order valence-electron chi connectivity index (χ3n) is 3.61. The molecule has 1 N–H and O–H groups in total. The largest absolute Gasteiger partial charge is 0.465 e. The van der Waals surface area contributed by atoms with E-state index in [-0.39, 0.29) is 17.5 Å². The van der Waals surface area contributed by atoms with Gasteiger partial charge in [-0.05, 0) is 36.5 Å². The smallest absolute Gasteiger partial charge is 0.291 e. The van der Waals surface area contributed by atoms with Gasteiger partial charge in [0.2, 0.25) is 0 Å². The molecule has 0 aliphatic heterocycles. The van der Waals surface area contributed by atoms with Gasteiger partial charge in [-0.3, -0.25) is 10.1 Å². The summed E-state index contributed by atoms with van der Waals surface area (Å²) in [5.41, 5.74) is 1.21. The summed E-state index contributed by atoms with van der Waals surface area (Å²) < 4.78 is 19.3. The third-order valence-corrected chi connectivity index (χ3v) is 3.61. The van der Waals surface area contributed by atoms with E-state index in [1.807, 2.05) is 32.0 Å². The number of amides is 1. The monoisotopic (exact) mass is 356 g/mol. The van der Waals surface area contributed by atoms with Gasteiger partial charge < -0.3 is 4.74 Å². The van der Waals surface area contributed by atoms with Crippen molar-refractivity contribution < 1.29 is 13.9 Å². The highest BCUT2D eigenvalue weighted by atomic mass is 19.1. The minimum atomic E-state index is -0.572. The van der Waals surface area contributed by atoms with E-state index in [1.54, 1.807) is 12.1 Å². The summed E-state index contributed by atoms with van der Waals surface area (Å²) in [5.74, 6) is -0.846. The Hall–Kier alpha value is -2.69. The van der Waals surface area contributed by atoms with E-state index in [0.29, 0.717) is 13.2 Å². The van der Waals surface area contributed by atoms with E-state index in [0.717, 1.165) is 12.8 Å². The molecule has 2 rings (SSSR count). The van der Waals surface area contributed by atoms with Crippen LogP contribution in [0.2, 0.25) is 0 Å². The Labute approximate surface area is 154 Å². The number of halogens is 1. The van der Waals surface area contributed by atoms with Crippen LogP contribution in [-0.2, 0) is 11.2 Å². The second-order valence-corrected chi connectivity index (χ2v) is 6.41. The molecular formula is C21H25FN2O2. The van der Waals surface area contributed by atoms with Gasteiger partial charge in [0, 0.05) is 6.54 Å². The standard InChI is InChI=1S/C21H25FN2O2/c1-16(2)15-26-21(23-14-8-11-17-9-4-3-5-10-17)24-20(25)18-12-6-7-13-19(18)22/h3-7,9-10,12-13,16H,8,11,14-15H2,1-2H3,(H,23,24,25). The molecule has 0 bridgehead atoms. The molecule has 0 aliphatic carbocycles. The van der Waals surface area contributed by atoms with Crippen molar-refractivity contribution in [3.8, 4) is 0 Å². The molecule has 0 radical (unpaired) electrons. The normalized spacial score (nSPS) is 11.5. The minimum absolute atomic E-state index is 0.0300. The molecular weight excluding hydrogens is 331 g/mol. The zero-order chi connectivity index (χ0) is 18.8. The number of aliphatic imine (C=N–C) groups is 1. The number of ether oxygens (including phenoxy) is 1. The molecule has 4 nitrogen and oxygen atoms in total. The first-order valence-corrected chi connectivity index (χ1v) is 8.83. The summed E-state index contributed by atoms with van der Waals surface area (Å²) in [7, 11) is 0. The van der Waals surface area contributed by atoms with Gasteiger partial charge in [-0.25, -0.2) is 9.38 Å². The van der Waals surface area contributed by atoms with Crippen LogP contribution in [0.4, 0.5) is 4.39 Å². The van der Waals surface area contributed by atoms with Crippen molar-refractivity contribution in [1.29, 1.82) is 0 Å². The Morgan fingerprint density at radius 1 is 1.12 bits per heavy atom. The lowest BCUT2D eigenvalue weighted by atomic mass is 10.1. The lowest BCUT2D eigenvalue weighted by molar-refractivity contribution is 0.0959. The van der Waals surface area contributed by atoms with E-state index < -0.39 is 11.7 Å². The molecule has 0 aromatic heterocycles. The van der Waals surface area contributed by atoms with Crippen LogP contribution >= 0.6 is 0 Å². The lowest BCUT2D eigenvalue weighted by Gasteiger charge is -2.13. The second-order valence-electron chi connectivity index (χ2n) is 6.41. The van der Waals surface area contributed by atoms with Gasteiger partial charge in [-0.15, -0.1) is 0 Å². The molecule has 0 atom stereocenters. The van der Waals surface area contributed by atoms with Crippen LogP contribution in [0, 0.1) is 11.7 Å². The molecule has 0 spiro atoms. The number of carbonyl (C=O) groups is 1. The fraction of sp³-hybridized carbons (Fsp3) is 0.333. The van der Waals surface area contributed by atoms with Crippen molar-refractivity contribution in [1.82, 2.24) is 5.32 Å². The molecule has 5 heteroatoms. The first-order valence-electron chi connectivity index (χ1n) is 8.83. The molecule has 2 aromatic carbocycles. The zero-order valence-corrected chi connectivity index (χ0v) is 15.2. The maximum atomic E-state index is 13.8. The van der Waals surface area contributed by atoms with Crippen LogP contribution < -0.4 is 5.32 Å². The van der Waals surface area contributed by atoms with Crippen LogP contribution in [0.25, 0.3) is 0 Å². The number of nitrogens with one attached hydrogen (secondary N) is 1. The van der Waals surface area contributed by atoms with Gasteiger partial charge in [0.05, 0.1) is 12.2 Å². The average Bonchev–Trinajstić information content (AvgIpc) is 2.64. The Kier molecular flexibility index (Phi) is 7.80. The van der Waals surface area contributed by atoms with Crippen molar-refractivity contribution in [3.63, 3.8) is 0 Å². The summed E-state index contributed by atoms with van der Waals surface area (Å²) in [6.07, 6.45) is 1.72. The van der Waals surface area contributed by atoms with Crippen molar-refractivity contribution in [2.45, 2.75) is 26.7 Å². The Morgan fingerprint density at radius 3 is 2.50 bits per heavy atom. The quantitative estimate of drug-likeness (QED) is 0.459. The summed E-state index contributed by atoms with van der Waals surface area (Å²) >= 11 is 0. The summed E-state index contributed by atoms with van der Waals surface area (Å²) in [6.45, 7) is 4.95. The molecule has 26 heavy (non-hydrogen) atoms. The molecule has 0 saturated heterocycles. The molecule has 2 aromatic rings. The SMILES string of the molecule is CC(C)COC(=NCCCc1ccccc1)NC(=O)c1ccccc1F. The highest BCUT2D eigenvalue weighted by Gasteiger charge is 2.14. The first kappa shape index (κ1) is 19.6. The van der Waals surface area contributed by atoms with Crippen molar-refractivity contribution in [2.75, 3.05) is 13.2 Å². The average molecular weight is 356 g/mol. The van der Waals surface area contributed by atoms with Crippen molar-refractivity contribution >= 4 is 11.9 Å². The number of rotatable bonds is 7. The van der Waals surface area contributed by atoms with Crippen molar-refractivity contribution in [2.24, 2.45) is 10.9 Å². The van der Waals surface area contributed by atoms with Gasteiger partial charge >= 0.3 is 0 Å². The van der Waals surface area contributed by atoms with E-state index in [9.17, 15) is 9.18 Å². The highest BCUT2D eigenvalue weighted by molar-refractivity contribution is 6.04. The minimum Gasteiger partial charge on any atom is -0.465 e. The molecule has 0 fully saturated rings.